The average molecular weight is 433 g/mol. The van der Waals surface area contributed by atoms with Gasteiger partial charge in [-0.1, -0.05) is 76.4 Å². The molecule has 3 nitrogen and oxygen atoms in total. The van der Waals surface area contributed by atoms with Crippen molar-refractivity contribution in [2.45, 2.75) is 71.6 Å². The number of rotatable bonds is 9. The lowest BCUT2D eigenvalue weighted by molar-refractivity contribution is 0.428. The molecule has 0 radical (unpaired) electrons. The van der Waals surface area contributed by atoms with E-state index < -0.39 is 5.41 Å². The average Bonchev–Trinajstić information content (AvgIpc) is 2.74. The minimum Gasteiger partial charge on any atom is -0.508 e. The van der Waals surface area contributed by atoms with Crippen LogP contribution in [0.3, 0.4) is 0 Å². The van der Waals surface area contributed by atoms with Crippen LogP contribution in [0.1, 0.15) is 80.3 Å². The van der Waals surface area contributed by atoms with Crippen LogP contribution in [0.15, 0.2) is 54.6 Å². The molecule has 3 heteroatoms. The summed E-state index contributed by atoms with van der Waals surface area (Å²) in [6.07, 6.45) is 5.65. The quantitative estimate of drug-likeness (QED) is 0.319. The predicted octanol–water partition coefficient (Wildman–Crippen LogP) is 7.02. The van der Waals surface area contributed by atoms with Gasteiger partial charge in [-0.3, -0.25) is 0 Å². The summed E-state index contributed by atoms with van der Waals surface area (Å²) >= 11 is 0. The Morgan fingerprint density at radius 3 is 1.03 bits per heavy atom. The van der Waals surface area contributed by atoms with Gasteiger partial charge in [0, 0.05) is 16.7 Å². The van der Waals surface area contributed by atoms with Crippen LogP contribution in [-0.4, -0.2) is 15.3 Å². The zero-order valence-corrected chi connectivity index (χ0v) is 19.8. The van der Waals surface area contributed by atoms with E-state index in [1.807, 2.05) is 61.5 Å². The van der Waals surface area contributed by atoms with Gasteiger partial charge < -0.3 is 15.3 Å². The van der Waals surface area contributed by atoms with Gasteiger partial charge in [-0.05, 0) is 61.1 Å². The van der Waals surface area contributed by atoms with Crippen molar-refractivity contribution in [2.75, 3.05) is 0 Å². The molecule has 170 valence electrons. The Balaban J connectivity index is 2.25. The van der Waals surface area contributed by atoms with Crippen LogP contribution in [0.2, 0.25) is 0 Å². The SMILES string of the molecule is CCCc1ccc(C(C)(c2ccc(CCC)cc2O)c2ccc(CCC)cc2O)c(O)c1. The second-order valence-electron chi connectivity index (χ2n) is 8.93. The lowest BCUT2D eigenvalue weighted by atomic mass is 9.69. The van der Waals surface area contributed by atoms with E-state index in [2.05, 4.69) is 20.8 Å². The van der Waals surface area contributed by atoms with Crippen molar-refractivity contribution < 1.29 is 15.3 Å². The Kier molecular flexibility index (Phi) is 7.50. The van der Waals surface area contributed by atoms with Crippen LogP contribution in [-0.2, 0) is 24.7 Å². The lowest BCUT2D eigenvalue weighted by Crippen LogP contribution is -2.26. The lowest BCUT2D eigenvalue weighted by Gasteiger charge is -2.34. The molecule has 0 heterocycles. The highest BCUT2D eigenvalue weighted by Gasteiger charge is 2.38. The molecule has 0 aromatic heterocycles. The van der Waals surface area contributed by atoms with E-state index in [0.717, 1.165) is 55.2 Å². The largest absolute Gasteiger partial charge is 0.508 e. The predicted molar refractivity (Wildman–Crippen MR) is 132 cm³/mol. The summed E-state index contributed by atoms with van der Waals surface area (Å²) < 4.78 is 0. The third-order valence-corrected chi connectivity index (χ3v) is 6.42. The van der Waals surface area contributed by atoms with Gasteiger partial charge in [0.05, 0.1) is 5.41 Å². The highest BCUT2D eigenvalue weighted by molar-refractivity contribution is 5.61. The van der Waals surface area contributed by atoms with Gasteiger partial charge in [-0.15, -0.1) is 0 Å². The topological polar surface area (TPSA) is 60.7 Å². The van der Waals surface area contributed by atoms with Gasteiger partial charge >= 0.3 is 0 Å². The molecule has 3 N–H and O–H groups in total. The molecule has 3 rings (SSSR count). The third kappa shape index (κ3) is 4.62. The minimum atomic E-state index is -0.932. The van der Waals surface area contributed by atoms with E-state index in [1.165, 1.54) is 0 Å². The molecule has 0 fully saturated rings. The molecule has 0 atom stereocenters. The summed E-state index contributed by atoms with van der Waals surface area (Å²) in [4.78, 5) is 0. The molecule has 0 spiro atoms. The first-order valence-electron chi connectivity index (χ1n) is 11.8. The Morgan fingerprint density at radius 1 is 0.531 bits per heavy atom. The van der Waals surface area contributed by atoms with Gasteiger partial charge in [0.15, 0.2) is 0 Å². The summed E-state index contributed by atoms with van der Waals surface area (Å²) in [5.74, 6) is 0.521. The van der Waals surface area contributed by atoms with E-state index in [-0.39, 0.29) is 17.2 Å². The second kappa shape index (κ2) is 10.1. The molecule has 0 saturated carbocycles. The van der Waals surface area contributed by atoms with Crippen LogP contribution >= 0.6 is 0 Å². The molecule has 0 bridgehead atoms. The highest BCUT2D eigenvalue weighted by atomic mass is 16.3. The van der Waals surface area contributed by atoms with Crippen molar-refractivity contribution in [3.8, 4) is 17.2 Å². The Bertz CT molecular complexity index is 933. The van der Waals surface area contributed by atoms with E-state index in [0.29, 0.717) is 16.7 Å². The van der Waals surface area contributed by atoms with Gasteiger partial charge in [-0.2, -0.15) is 0 Å². The smallest absolute Gasteiger partial charge is 0.120 e. The van der Waals surface area contributed by atoms with Gasteiger partial charge in [0.1, 0.15) is 17.2 Å². The maximum absolute atomic E-state index is 11.1. The molecule has 0 aliphatic rings. The highest BCUT2D eigenvalue weighted by Crippen LogP contribution is 2.49. The molecule has 3 aromatic rings. The standard InChI is InChI=1S/C29H36O3/c1-5-8-20-11-14-23(26(30)17-20)29(4,24-15-12-21(9-6-2)18-27(24)31)25-16-13-22(10-7-3)19-28(25)32/h11-19,30-32H,5-10H2,1-4H3. The number of benzene rings is 3. The van der Waals surface area contributed by atoms with Crippen LogP contribution in [0, 0.1) is 0 Å². The number of aromatic hydroxyl groups is 3. The molecule has 32 heavy (non-hydrogen) atoms. The molecule has 3 aromatic carbocycles. The number of aryl methyl sites for hydroxylation is 3. The van der Waals surface area contributed by atoms with Crippen molar-refractivity contribution in [1.29, 1.82) is 0 Å². The molecular formula is C29H36O3. The maximum atomic E-state index is 11.1. The first-order valence-corrected chi connectivity index (χ1v) is 11.8. The van der Waals surface area contributed by atoms with Crippen molar-refractivity contribution in [3.05, 3.63) is 88.0 Å². The van der Waals surface area contributed by atoms with Crippen LogP contribution < -0.4 is 0 Å². The van der Waals surface area contributed by atoms with E-state index in [9.17, 15) is 15.3 Å². The van der Waals surface area contributed by atoms with E-state index in [4.69, 9.17) is 0 Å². The van der Waals surface area contributed by atoms with Gasteiger partial charge in [0.2, 0.25) is 0 Å². The molecule has 0 unspecified atom stereocenters. The maximum Gasteiger partial charge on any atom is 0.120 e. The summed E-state index contributed by atoms with van der Waals surface area (Å²) in [6, 6.07) is 17.3. The van der Waals surface area contributed by atoms with E-state index >= 15 is 0 Å². The fourth-order valence-corrected chi connectivity index (χ4v) is 4.77. The zero-order valence-electron chi connectivity index (χ0n) is 19.8. The molecule has 0 aliphatic carbocycles. The fourth-order valence-electron chi connectivity index (χ4n) is 4.77. The van der Waals surface area contributed by atoms with Crippen molar-refractivity contribution in [2.24, 2.45) is 0 Å². The van der Waals surface area contributed by atoms with E-state index in [1.54, 1.807) is 0 Å². The van der Waals surface area contributed by atoms with Crippen LogP contribution in [0.5, 0.6) is 17.2 Å². The Morgan fingerprint density at radius 2 is 0.812 bits per heavy atom. The summed E-state index contributed by atoms with van der Waals surface area (Å²) in [5, 5.41) is 33.2. The summed E-state index contributed by atoms with van der Waals surface area (Å²) in [5.41, 5.74) is 4.26. The zero-order chi connectivity index (χ0) is 23.3. The van der Waals surface area contributed by atoms with Gasteiger partial charge in [-0.25, -0.2) is 0 Å². The Labute approximate surface area is 192 Å². The molecular weight excluding hydrogens is 396 g/mol. The first-order chi connectivity index (χ1) is 15.3. The second-order valence-corrected chi connectivity index (χ2v) is 8.93. The van der Waals surface area contributed by atoms with Crippen molar-refractivity contribution in [1.82, 2.24) is 0 Å². The number of phenolic OH excluding ortho intramolecular Hbond substituents is 3. The molecule has 0 amide bonds. The fraction of sp³-hybridized carbons (Fsp3) is 0.379. The Hall–Kier alpha value is -2.94. The summed E-state index contributed by atoms with van der Waals surface area (Å²) in [6.45, 7) is 8.30. The van der Waals surface area contributed by atoms with Crippen LogP contribution in [0.25, 0.3) is 0 Å². The normalized spacial score (nSPS) is 11.6. The minimum absolute atomic E-state index is 0.174. The molecule has 0 aliphatic heterocycles. The monoisotopic (exact) mass is 432 g/mol. The van der Waals surface area contributed by atoms with Gasteiger partial charge in [0.25, 0.3) is 0 Å². The van der Waals surface area contributed by atoms with Crippen molar-refractivity contribution >= 4 is 0 Å². The number of hydrogen-bond donors (Lipinski definition) is 3. The number of phenols is 3. The van der Waals surface area contributed by atoms with Crippen molar-refractivity contribution in [3.63, 3.8) is 0 Å². The first kappa shape index (κ1) is 23.7. The summed E-state index contributed by atoms with van der Waals surface area (Å²) in [7, 11) is 0. The number of hydrogen-bond acceptors (Lipinski definition) is 3. The van der Waals surface area contributed by atoms with Crippen LogP contribution in [0.4, 0.5) is 0 Å². The third-order valence-electron chi connectivity index (χ3n) is 6.42. The molecule has 0 saturated heterocycles.